The minimum atomic E-state index is -1.55. The van der Waals surface area contributed by atoms with Crippen LogP contribution < -0.4 is 5.32 Å². The van der Waals surface area contributed by atoms with E-state index >= 15 is 0 Å². The molecule has 0 radical (unpaired) electrons. The Bertz CT molecular complexity index is 671. The molecule has 9 heteroatoms. The summed E-state index contributed by atoms with van der Waals surface area (Å²) >= 11 is 0. The molecule has 3 N–H and O–H groups in total. The average Bonchev–Trinajstić information content (AvgIpc) is 2.77. The molecule has 192 valence electrons. The molecule has 8 atom stereocenters. The van der Waals surface area contributed by atoms with E-state index in [1.807, 2.05) is 27.7 Å². The molecule has 9 nitrogen and oxygen atoms in total. The van der Waals surface area contributed by atoms with E-state index in [2.05, 4.69) is 11.9 Å². The summed E-state index contributed by atoms with van der Waals surface area (Å²) in [5.74, 6) is -2.02. The summed E-state index contributed by atoms with van der Waals surface area (Å²) in [7, 11) is 4.63. The normalized spacial score (nSPS) is 36.3. The van der Waals surface area contributed by atoms with Gasteiger partial charge >= 0.3 is 0 Å². The quantitative estimate of drug-likeness (QED) is 0.408. The van der Waals surface area contributed by atoms with Gasteiger partial charge in [0, 0.05) is 58.5 Å². The third kappa shape index (κ3) is 6.33. The molecule has 0 bridgehead atoms. The number of carbonyl (C=O) groups excluding carboxylic acids is 1. The van der Waals surface area contributed by atoms with E-state index in [-0.39, 0.29) is 37.2 Å². The number of amides is 1. The lowest BCUT2D eigenvalue weighted by Crippen LogP contribution is -2.59. The summed E-state index contributed by atoms with van der Waals surface area (Å²) in [4.78, 5) is 12.8. The summed E-state index contributed by atoms with van der Waals surface area (Å²) < 4.78 is 28.4. The van der Waals surface area contributed by atoms with Crippen molar-refractivity contribution in [3.8, 4) is 0 Å². The van der Waals surface area contributed by atoms with Crippen LogP contribution in [-0.4, -0.2) is 93.0 Å². The molecule has 0 spiro atoms. The molecule has 2 aliphatic heterocycles. The van der Waals surface area contributed by atoms with Crippen LogP contribution in [-0.2, 0) is 28.5 Å². The third-order valence-corrected chi connectivity index (χ3v) is 7.42. The minimum Gasteiger partial charge on any atom is -0.392 e. The van der Waals surface area contributed by atoms with Crippen molar-refractivity contribution < 1.29 is 38.7 Å². The first-order valence-electron chi connectivity index (χ1n) is 11.6. The molecule has 0 aromatic rings. The van der Waals surface area contributed by atoms with Gasteiger partial charge in [-0.25, -0.2) is 0 Å². The zero-order valence-electron chi connectivity index (χ0n) is 21.1. The Balaban J connectivity index is 2.02. The van der Waals surface area contributed by atoms with Crippen molar-refractivity contribution in [1.29, 1.82) is 0 Å². The van der Waals surface area contributed by atoms with Gasteiger partial charge in [-0.15, -0.1) is 0 Å². The van der Waals surface area contributed by atoms with Gasteiger partial charge in [-0.3, -0.25) is 4.79 Å². The topological polar surface area (TPSA) is 116 Å². The Morgan fingerprint density at radius 3 is 2.52 bits per heavy atom. The second-order valence-corrected chi connectivity index (χ2v) is 9.98. The molecule has 33 heavy (non-hydrogen) atoms. The maximum Gasteiger partial charge on any atom is 0.254 e. The number of hydrogen-bond donors (Lipinski definition) is 3. The highest BCUT2D eigenvalue weighted by Gasteiger charge is 2.50. The number of methoxy groups -OCH3 is 3. The van der Waals surface area contributed by atoms with Gasteiger partial charge in [0.1, 0.15) is 0 Å². The van der Waals surface area contributed by atoms with Gasteiger partial charge < -0.3 is 39.2 Å². The zero-order chi connectivity index (χ0) is 25.0. The lowest BCUT2D eigenvalue weighted by Gasteiger charge is -2.47. The molecule has 0 unspecified atom stereocenters. The Hall–Kier alpha value is -1.07. The number of nitrogens with one attached hydrogen (secondary N) is 1. The Morgan fingerprint density at radius 2 is 1.97 bits per heavy atom. The predicted octanol–water partition coefficient (Wildman–Crippen LogP) is 1.40. The number of aliphatic hydroxyl groups is 2. The monoisotopic (exact) mass is 473 g/mol. The smallest absolute Gasteiger partial charge is 0.254 e. The summed E-state index contributed by atoms with van der Waals surface area (Å²) in [5.41, 5.74) is 0.364. The molecule has 0 aromatic heterocycles. The molecular weight excluding hydrogens is 430 g/mol. The van der Waals surface area contributed by atoms with Crippen LogP contribution in [0.3, 0.4) is 0 Å². The van der Waals surface area contributed by atoms with Crippen LogP contribution in [0.25, 0.3) is 0 Å². The van der Waals surface area contributed by atoms with Crippen molar-refractivity contribution in [2.45, 2.75) is 89.4 Å². The van der Waals surface area contributed by atoms with Crippen molar-refractivity contribution in [2.75, 3.05) is 34.5 Å². The van der Waals surface area contributed by atoms with Gasteiger partial charge in [-0.05, 0) is 6.92 Å². The van der Waals surface area contributed by atoms with E-state index in [4.69, 9.17) is 23.7 Å². The molecule has 2 saturated heterocycles. The summed E-state index contributed by atoms with van der Waals surface area (Å²) in [6, 6.07) is 0. The highest BCUT2D eigenvalue weighted by molar-refractivity contribution is 5.81. The Kier molecular flexibility index (Phi) is 9.88. The Morgan fingerprint density at radius 1 is 1.30 bits per heavy atom. The fourth-order valence-electron chi connectivity index (χ4n) is 4.55. The van der Waals surface area contributed by atoms with Gasteiger partial charge in [0.25, 0.3) is 5.91 Å². The summed E-state index contributed by atoms with van der Waals surface area (Å²) in [6.45, 7) is 12.4. The number of carbonyl (C=O) groups is 1. The van der Waals surface area contributed by atoms with E-state index in [1.165, 1.54) is 7.11 Å². The first kappa shape index (κ1) is 28.2. The molecular formula is C24H43NO8. The van der Waals surface area contributed by atoms with Crippen LogP contribution in [0, 0.1) is 11.3 Å². The van der Waals surface area contributed by atoms with Crippen molar-refractivity contribution in [3.63, 3.8) is 0 Å². The van der Waals surface area contributed by atoms with Crippen molar-refractivity contribution >= 4 is 5.91 Å². The SMILES string of the molecule is C=C1C[C@](OC)([C@H](O)C(=O)NC[C@@H]2C[C@H](O)C(C)(C)[C@H](C[C@@H](COC)OC)O2)O[C@H](C)[C@@H]1C. The van der Waals surface area contributed by atoms with Crippen molar-refractivity contribution in [1.82, 2.24) is 5.32 Å². The van der Waals surface area contributed by atoms with Crippen LogP contribution in [0.15, 0.2) is 12.2 Å². The van der Waals surface area contributed by atoms with Gasteiger partial charge in [-0.2, -0.15) is 0 Å². The average molecular weight is 474 g/mol. The minimum absolute atomic E-state index is 0.0926. The van der Waals surface area contributed by atoms with E-state index in [0.29, 0.717) is 19.4 Å². The van der Waals surface area contributed by atoms with Crippen LogP contribution in [0.5, 0.6) is 0 Å². The first-order valence-corrected chi connectivity index (χ1v) is 11.6. The molecule has 0 saturated carbocycles. The summed E-state index contributed by atoms with van der Waals surface area (Å²) in [6.07, 6.45) is -2.20. The maximum atomic E-state index is 12.8. The predicted molar refractivity (Wildman–Crippen MR) is 123 cm³/mol. The maximum absolute atomic E-state index is 12.8. The highest BCUT2D eigenvalue weighted by atomic mass is 16.7. The van der Waals surface area contributed by atoms with E-state index in [1.54, 1.807) is 14.2 Å². The van der Waals surface area contributed by atoms with Crippen molar-refractivity contribution in [3.05, 3.63) is 12.2 Å². The fraction of sp³-hybridized carbons (Fsp3) is 0.875. The van der Waals surface area contributed by atoms with Crippen LogP contribution in [0.4, 0.5) is 0 Å². The number of hydrogen-bond acceptors (Lipinski definition) is 8. The third-order valence-electron chi connectivity index (χ3n) is 7.42. The standard InChI is InChI=1S/C24H43NO8/c1-14-11-24(31-8,33-16(3)15(14)2)21(27)22(28)25-12-17-9-19(26)23(4,5)20(32-17)10-18(30-7)13-29-6/h15-21,26-27H,1,9-13H2,2-8H3,(H,25,28)/t15-,16-,17+,18+,19+,20+,21-,24-/m1/s1. The highest BCUT2D eigenvalue weighted by Crippen LogP contribution is 2.40. The number of ether oxygens (including phenoxy) is 5. The van der Waals surface area contributed by atoms with Gasteiger partial charge in [0.2, 0.25) is 5.79 Å². The first-order chi connectivity index (χ1) is 15.4. The van der Waals surface area contributed by atoms with Gasteiger partial charge in [0.15, 0.2) is 6.10 Å². The number of aliphatic hydroxyl groups excluding tert-OH is 2. The molecule has 0 aromatic carbocycles. The molecule has 0 aliphatic carbocycles. The molecule has 2 fully saturated rings. The van der Waals surface area contributed by atoms with Crippen molar-refractivity contribution in [2.24, 2.45) is 11.3 Å². The molecule has 2 heterocycles. The molecule has 2 aliphatic rings. The zero-order valence-corrected chi connectivity index (χ0v) is 21.1. The lowest BCUT2D eigenvalue weighted by molar-refractivity contribution is -0.297. The second kappa shape index (κ2) is 11.6. The van der Waals surface area contributed by atoms with Crippen LogP contribution in [0.1, 0.15) is 47.0 Å². The van der Waals surface area contributed by atoms with Crippen LogP contribution in [0.2, 0.25) is 0 Å². The summed E-state index contributed by atoms with van der Waals surface area (Å²) in [5, 5.41) is 24.3. The Labute approximate surface area is 197 Å². The van der Waals surface area contributed by atoms with Gasteiger partial charge in [-0.1, -0.05) is 32.9 Å². The fourth-order valence-corrected chi connectivity index (χ4v) is 4.55. The van der Waals surface area contributed by atoms with E-state index in [9.17, 15) is 15.0 Å². The van der Waals surface area contributed by atoms with E-state index < -0.39 is 35.4 Å². The molecule has 1 amide bonds. The molecule has 2 rings (SSSR count). The number of rotatable bonds is 10. The lowest BCUT2D eigenvalue weighted by atomic mass is 9.74. The second-order valence-electron chi connectivity index (χ2n) is 9.98. The van der Waals surface area contributed by atoms with Crippen LogP contribution >= 0.6 is 0 Å². The van der Waals surface area contributed by atoms with E-state index in [0.717, 1.165) is 5.57 Å². The largest absolute Gasteiger partial charge is 0.392 e. The van der Waals surface area contributed by atoms with Gasteiger partial charge in [0.05, 0.1) is 37.1 Å².